The van der Waals surface area contributed by atoms with Gasteiger partial charge < -0.3 is 10.1 Å². The van der Waals surface area contributed by atoms with E-state index < -0.39 is 21.8 Å². The number of hydrogen-bond acceptors (Lipinski definition) is 5. The second-order valence-electron chi connectivity index (χ2n) is 7.22. The maximum Gasteiger partial charge on any atom is 0.255 e. The van der Waals surface area contributed by atoms with E-state index in [4.69, 9.17) is 4.74 Å². The molecule has 8 heteroatoms. The highest BCUT2D eigenvalue weighted by molar-refractivity contribution is 7.94. The summed E-state index contributed by atoms with van der Waals surface area (Å²) in [6, 6.07) is 22.2. The van der Waals surface area contributed by atoms with Gasteiger partial charge in [0.1, 0.15) is 11.5 Å². The molecule has 0 unspecified atom stereocenters. The summed E-state index contributed by atoms with van der Waals surface area (Å²) in [6.45, 7) is 1.58. The normalized spacial score (nSPS) is 17.4. The van der Waals surface area contributed by atoms with E-state index in [1.807, 2.05) is 30.3 Å². The molecule has 2 amide bonds. The van der Waals surface area contributed by atoms with Crippen molar-refractivity contribution in [1.29, 1.82) is 0 Å². The van der Waals surface area contributed by atoms with Crippen molar-refractivity contribution in [2.75, 3.05) is 15.4 Å². The predicted molar refractivity (Wildman–Crippen MR) is 118 cm³/mol. The number of nitrogens with zero attached hydrogens (tertiary/aromatic N) is 1. The largest absolute Gasteiger partial charge is 0.457 e. The molecule has 4 rings (SSSR count). The van der Waals surface area contributed by atoms with Gasteiger partial charge in [-0.05, 0) is 60.7 Å². The zero-order chi connectivity index (χ0) is 22.0. The number of sulfonamides is 1. The Labute approximate surface area is 180 Å². The summed E-state index contributed by atoms with van der Waals surface area (Å²) in [6.07, 6.45) is 0. The van der Waals surface area contributed by atoms with Crippen LogP contribution in [-0.4, -0.2) is 26.0 Å². The first-order valence-corrected chi connectivity index (χ1v) is 11.3. The molecule has 0 radical (unpaired) electrons. The van der Waals surface area contributed by atoms with Crippen LogP contribution in [0.3, 0.4) is 0 Å². The molecule has 31 heavy (non-hydrogen) atoms. The Bertz CT molecular complexity index is 1210. The van der Waals surface area contributed by atoms with E-state index in [-0.39, 0.29) is 17.3 Å². The first-order chi connectivity index (χ1) is 14.8. The molecule has 158 valence electrons. The lowest BCUT2D eigenvalue weighted by atomic mass is 10.1. The number of anilines is 2. The topological polar surface area (TPSA) is 92.8 Å². The summed E-state index contributed by atoms with van der Waals surface area (Å²) < 4.78 is 30.9. The fraction of sp³-hybridized carbons (Fsp3) is 0.130. The second kappa shape index (κ2) is 8.23. The van der Waals surface area contributed by atoms with Crippen molar-refractivity contribution in [1.82, 2.24) is 0 Å². The molecule has 0 aliphatic carbocycles. The first-order valence-electron chi connectivity index (χ1n) is 9.65. The third-order valence-corrected chi connectivity index (χ3v) is 6.68. The van der Waals surface area contributed by atoms with Crippen LogP contribution < -0.4 is 14.4 Å². The molecule has 7 nitrogen and oxygen atoms in total. The van der Waals surface area contributed by atoms with Crippen molar-refractivity contribution in [3.8, 4) is 11.5 Å². The van der Waals surface area contributed by atoms with Crippen LogP contribution in [0.2, 0.25) is 0 Å². The number of hydrogen-bond donors (Lipinski definition) is 1. The molecule has 3 aromatic rings. The van der Waals surface area contributed by atoms with Crippen molar-refractivity contribution in [2.45, 2.75) is 6.92 Å². The summed E-state index contributed by atoms with van der Waals surface area (Å²) in [4.78, 5) is 24.7. The molecule has 0 aromatic heterocycles. The number of carbonyl (C=O) groups is 2. The van der Waals surface area contributed by atoms with Gasteiger partial charge >= 0.3 is 0 Å². The van der Waals surface area contributed by atoms with E-state index in [1.54, 1.807) is 31.2 Å². The molecule has 1 aliphatic rings. The van der Waals surface area contributed by atoms with Crippen molar-refractivity contribution in [2.24, 2.45) is 5.92 Å². The summed E-state index contributed by atoms with van der Waals surface area (Å²) in [5.74, 6) is -0.256. The Morgan fingerprint density at radius 3 is 2.13 bits per heavy atom. The number of ether oxygens (including phenoxy) is 1. The number of para-hydroxylation sites is 1. The molecule has 1 aliphatic heterocycles. The van der Waals surface area contributed by atoms with E-state index in [0.717, 1.165) is 4.31 Å². The molecule has 1 N–H and O–H groups in total. The van der Waals surface area contributed by atoms with Gasteiger partial charge in [-0.3, -0.25) is 9.59 Å². The van der Waals surface area contributed by atoms with Crippen molar-refractivity contribution < 1.29 is 22.7 Å². The molecule has 0 saturated carbocycles. The predicted octanol–water partition coefficient (Wildman–Crippen LogP) is 4.04. The van der Waals surface area contributed by atoms with Gasteiger partial charge in [-0.1, -0.05) is 25.1 Å². The maximum absolute atomic E-state index is 12.5. The number of amides is 2. The lowest BCUT2D eigenvalue weighted by Gasteiger charge is -2.15. The highest BCUT2D eigenvalue weighted by Crippen LogP contribution is 2.28. The van der Waals surface area contributed by atoms with Crippen LogP contribution in [-0.2, 0) is 14.8 Å². The van der Waals surface area contributed by atoms with Crippen LogP contribution in [0.5, 0.6) is 11.5 Å². The number of rotatable bonds is 5. The van der Waals surface area contributed by atoms with Crippen molar-refractivity contribution >= 4 is 33.2 Å². The molecule has 0 spiro atoms. The highest BCUT2D eigenvalue weighted by Gasteiger charge is 2.41. The maximum atomic E-state index is 12.5. The Morgan fingerprint density at radius 2 is 1.55 bits per heavy atom. The molecule has 3 aromatic carbocycles. The van der Waals surface area contributed by atoms with Crippen molar-refractivity contribution in [3.63, 3.8) is 0 Å². The SMILES string of the molecule is C[C@@H]1CS(=O)(=O)N(c2ccc(C(=O)Nc3ccc(Oc4ccccc4)cc3)cc2)C1=O. The third-order valence-electron chi connectivity index (χ3n) is 4.82. The minimum atomic E-state index is -3.68. The van der Waals surface area contributed by atoms with Crippen molar-refractivity contribution in [3.05, 3.63) is 84.4 Å². The molecular weight excluding hydrogens is 416 g/mol. The van der Waals surface area contributed by atoms with Crippen LogP contribution in [0, 0.1) is 5.92 Å². The van der Waals surface area contributed by atoms with Crippen LogP contribution in [0.25, 0.3) is 0 Å². The smallest absolute Gasteiger partial charge is 0.255 e. The Kier molecular flexibility index (Phi) is 5.48. The van der Waals surface area contributed by atoms with Gasteiger partial charge in [0.05, 0.1) is 17.4 Å². The minimum Gasteiger partial charge on any atom is -0.457 e. The van der Waals surface area contributed by atoms with Gasteiger partial charge in [0.15, 0.2) is 0 Å². The van der Waals surface area contributed by atoms with E-state index in [1.165, 1.54) is 24.3 Å². The Balaban J connectivity index is 1.43. The fourth-order valence-electron chi connectivity index (χ4n) is 3.27. The molecule has 1 saturated heterocycles. The highest BCUT2D eigenvalue weighted by atomic mass is 32.2. The Morgan fingerprint density at radius 1 is 0.935 bits per heavy atom. The first kappa shape index (κ1) is 20.6. The lowest BCUT2D eigenvalue weighted by molar-refractivity contribution is -0.119. The summed E-state index contributed by atoms with van der Waals surface area (Å²) in [7, 11) is -3.68. The number of carbonyl (C=O) groups excluding carboxylic acids is 2. The van der Waals surface area contributed by atoms with E-state index in [9.17, 15) is 18.0 Å². The van der Waals surface area contributed by atoms with Crippen LogP contribution in [0.1, 0.15) is 17.3 Å². The molecule has 1 fully saturated rings. The quantitative estimate of drug-likeness (QED) is 0.652. The monoisotopic (exact) mass is 436 g/mol. The number of benzene rings is 3. The summed E-state index contributed by atoms with van der Waals surface area (Å²) >= 11 is 0. The van der Waals surface area contributed by atoms with Gasteiger partial charge in [-0.15, -0.1) is 0 Å². The molecule has 1 atom stereocenters. The van der Waals surface area contributed by atoms with E-state index in [0.29, 0.717) is 22.7 Å². The van der Waals surface area contributed by atoms with Crippen LogP contribution in [0.4, 0.5) is 11.4 Å². The van der Waals surface area contributed by atoms with E-state index >= 15 is 0 Å². The zero-order valence-electron chi connectivity index (χ0n) is 16.7. The fourth-order valence-corrected chi connectivity index (χ4v) is 5.09. The molecular formula is C23H20N2O5S. The zero-order valence-corrected chi connectivity index (χ0v) is 17.5. The summed E-state index contributed by atoms with van der Waals surface area (Å²) in [5.41, 5.74) is 1.15. The summed E-state index contributed by atoms with van der Waals surface area (Å²) in [5, 5.41) is 2.78. The van der Waals surface area contributed by atoms with Gasteiger partial charge in [0, 0.05) is 11.3 Å². The second-order valence-corrected chi connectivity index (χ2v) is 9.09. The van der Waals surface area contributed by atoms with Crippen LogP contribution in [0.15, 0.2) is 78.9 Å². The molecule has 0 bridgehead atoms. The average molecular weight is 436 g/mol. The van der Waals surface area contributed by atoms with E-state index in [2.05, 4.69) is 5.32 Å². The number of nitrogens with one attached hydrogen (secondary N) is 1. The lowest BCUT2D eigenvalue weighted by Crippen LogP contribution is -2.30. The molecule has 1 heterocycles. The standard InChI is InChI=1S/C23H20N2O5S/c1-16-15-31(28,29)25(23(16)27)19-11-7-17(8-12-19)22(26)24-18-9-13-21(14-10-18)30-20-5-3-2-4-6-20/h2-14,16H,15H2,1H3,(H,24,26)/t16-/m1/s1. The average Bonchev–Trinajstić information content (AvgIpc) is 2.96. The van der Waals surface area contributed by atoms with Gasteiger partial charge in [-0.2, -0.15) is 0 Å². The Hall–Kier alpha value is -3.65. The van der Waals surface area contributed by atoms with Crippen LogP contribution >= 0.6 is 0 Å². The minimum absolute atomic E-state index is 0.210. The van der Waals surface area contributed by atoms with Gasteiger partial charge in [0.2, 0.25) is 15.9 Å². The van der Waals surface area contributed by atoms with Gasteiger partial charge in [-0.25, -0.2) is 12.7 Å². The third kappa shape index (κ3) is 4.44. The van der Waals surface area contributed by atoms with Gasteiger partial charge in [0.25, 0.3) is 5.91 Å².